The molecule has 4 rings (SSSR count). The number of rotatable bonds is 7. The zero-order valence-corrected chi connectivity index (χ0v) is 20.1. The molecular weight excluding hydrogens is 425 g/mol. The molecule has 0 amide bonds. The monoisotopic (exact) mass is 453 g/mol. The van der Waals surface area contributed by atoms with Crippen molar-refractivity contribution < 1.29 is 9.53 Å². The molecule has 0 fully saturated rings. The van der Waals surface area contributed by atoms with Gasteiger partial charge in [-0.3, -0.25) is 0 Å². The molecule has 0 heterocycles. The van der Waals surface area contributed by atoms with Crippen molar-refractivity contribution in [3.05, 3.63) is 125 Å². The normalized spacial score (nSPS) is 11.8. The fourth-order valence-corrected chi connectivity index (χ4v) is 6.61. The van der Waals surface area contributed by atoms with E-state index < -0.39 is 7.92 Å². The Balaban J connectivity index is 1.89. The largest absolute Gasteiger partial charge is 0.465 e. The highest BCUT2D eigenvalue weighted by molar-refractivity contribution is 7.73. The summed E-state index contributed by atoms with van der Waals surface area (Å²) in [7, 11) is 0.584. The summed E-state index contributed by atoms with van der Waals surface area (Å²) in [4.78, 5) is 12.3. The maximum Gasteiger partial charge on any atom is 0.337 e. The lowest BCUT2D eigenvalue weighted by Gasteiger charge is -2.31. The summed E-state index contributed by atoms with van der Waals surface area (Å²) in [6.07, 6.45) is 0. The van der Waals surface area contributed by atoms with Crippen LogP contribution in [-0.2, 0) is 4.74 Å². The lowest BCUT2D eigenvalue weighted by atomic mass is 10.1. The number of carbonyl (C=O) groups excluding carboxylic acids is 1. The molecule has 0 aliphatic carbocycles. The Labute approximate surface area is 197 Å². The van der Waals surface area contributed by atoms with Gasteiger partial charge in [0, 0.05) is 5.69 Å². The molecule has 0 radical (unpaired) electrons. The molecule has 0 aromatic heterocycles. The topological polar surface area (TPSA) is 38.3 Å². The predicted molar refractivity (Wildman–Crippen MR) is 139 cm³/mol. The van der Waals surface area contributed by atoms with Crippen molar-refractivity contribution in [1.29, 1.82) is 0 Å². The summed E-state index contributed by atoms with van der Waals surface area (Å²) >= 11 is 0. The number of hydrogen-bond acceptors (Lipinski definition) is 3. The van der Waals surface area contributed by atoms with Crippen LogP contribution in [0.3, 0.4) is 0 Å². The van der Waals surface area contributed by atoms with Crippen molar-refractivity contribution in [1.82, 2.24) is 0 Å². The molecule has 0 spiro atoms. The van der Waals surface area contributed by atoms with Crippen LogP contribution in [0.4, 0.5) is 5.69 Å². The predicted octanol–water partition coefficient (Wildman–Crippen LogP) is 6.33. The van der Waals surface area contributed by atoms with Gasteiger partial charge in [-0.2, -0.15) is 0 Å². The molecule has 1 unspecified atom stereocenters. The maximum atomic E-state index is 12.3. The summed E-state index contributed by atoms with van der Waals surface area (Å²) in [6, 6.07) is 35.5. The van der Waals surface area contributed by atoms with Gasteiger partial charge < -0.3 is 10.1 Å². The molecule has 0 saturated carbocycles. The van der Waals surface area contributed by atoms with Crippen molar-refractivity contribution in [2.75, 3.05) is 12.4 Å². The zero-order chi connectivity index (χ0) is 23.2. The van der Waals surface area contributed by atoms with Crippen molar-refractivity contribution >= 4 is 30.2 Å². The highest BCUT2D eigenvalue weighted by Gasteiger charge is 2.27. The number of carbonyl (C=O) groups is 1. The summed E-state index contributed by atoms with van der Waals surface area (Å²) < 4.78 is 5.00. The van der Waals surface area contributed by atoms with Crippen LogP contribution in [0.15, 0.2) is 103 Å². The second kappa shape index (κ2) is 10.5. The van der Waals surface area contributed by atoms with E-state index in [9.17, 15) is 4.79 Å². The molecule has 4 aromatic rings. The van der Waals surface area contributed by atoms with Crippen LogP contribution in [0.1, 0.15) is 32.8 Å². The van der Waals surface area contributed by atoms with E-state index >= 15 is 0 Å². The number of nitrogens with one attached hydrogen (secondary N) is 1. The lowest BCUT2D eigenvalue weighted by Crippen LogP contribution is -2.22. The molecule has 33 heavy (non-hydrogen) atoms. The second-order valence-corrected chi connectivity index (χ2v) is 10.3. The molecule has 166 valence electrons. The minimum atomic E-state index is -0.833. The highest BCUT2D eigenvalue weighted by Crippen LogP contribution is 2.50. The molecule has 1 atom stereocenters. The average molecular weight is 454 g/mol. The first-order chi connectivity index (χ1) is 16.1. The number of aryl methyl sites for hydroxylation is 2. The van der Waals surface area contributed by atoms with Crippen molar-refractivity contribution in [2.24, 2.45) is 0 Å². The fourth-order valence-electron chi connectivity index (χ4n) is 4.00. The molecule has 0 bridgehead atoms. The van der Waals surface area contributed by atoms with E-state index in [0.29, 0.717) is 5.56 Å². The van der Waals surface area contributed by atoms with Gasteiger partial charge in [0.25, 0.3) is 0 Å². The Morgan fingerprint density at radius 3 is 2.00 bits per heavy atom. The third kappa shape index (κ3) is 5.32. The van der Waals surface area contributed by atoms with Gasteiger partial charge in [-0.25, -0.2) is 4.79 Å². The molecular formula is C29H28NO2P. The van der Waals surface area contributed by atoms with E-state index in [2.05, 4.69) is 92.0 Å². The zero-order valence-electron chi connectivity index (χ0n) is 19.2. The Hall–Kier alpha value is -3.42. The Bertz CT molecular complexity index is 1190. The summed E-state index contributed by atoms with van der Waals surface area (Å²) in [5, 5.41) is 6.38. The van der Waals surface area contributed by atoms with E-state index in [-0.39, 0.29) is 11.8 Å². The minimum absolute atomic E-state index is 0.0455. The van der Waals surface area contributed by atoms with Gasteiger partial charge in [0.1, 0.15) is 0 Å². The van der Waals surface area contributed by atoms with Gasteiger partial charge in [-0.1, -0.05) is 90.5 Å². The molecule has 1 N–H and O–H groups in total. The van der Waals surface area contributed by atoms with Gasteiger partial charge in [0.15, 0.2) is 0 Å². The van der Waals surface area contributed by atoms with Crippen LogP contribution in [0.25, 0.3) is 0 Å². The van der Waals surface area contributed by atoms with Gasteiger partial charge >= 0.3 is 5.97 Å². The van der Waals surface area contributed by atoms with Crippen molar-refractivity contribution in [3.63, 3.8) is 0 Å². The van der Waals surface area contributed by atoms with E-state index in [4.69, 9.17) is 4.74 Å². The fraction of sp³-hybridized carbons (Fsp3) is 0.138. The van der Waals surface area contributed by atoms with Crippen LogP contribution in [0.2, 0.25) is 0 Å². The van der Waals surface area contributed by atoms with Crippen LogP contribution >= 0.6 is 7.92 Å². The van der Waals surface area contributed by atoms with Crippen LogP contribution in [0, 0.1) is 13.8 Å². The third-order valence-corrected chi connectivity index (χ3v) is 8.28. The average Bonchev–Trinajstić information content (AvgIpc) is 2.86. The van der Waals surface area contributed by atoms with Gasteiger partial charge in [-0.05, 0) is 61.7 Å². The number of hydrogen-bond donors (Lipinski definition) is 1. The standard InChI is InChI=1S/C29H28NO2P/c1-21-17-18-27(22(2)19-21)30-28(23-11-10-12-24(20-23)29(31)32-3)33(25-13-6-4-7-14-25)26-15-8-5-9-16-26/h4-20,28,30H,1-3H3. The Morgan fingerprint density at radius 1 is 0.788 bits per heavy atom. The molecule has 3 nitrogen and oxygen atoms in total. The number of anilines is 1. The van der Waals surface area contributed by atoms with E-state index in [1.54, 1.807) is 6.07 Å². The molecule has 4 heteroatoms. The van der Waals surface area contributed by atoms with Crippen LogP contribution in [-0.4, -0.2) is 13.1 Å². The third-order valence-electron chi connectivity index (χ3n) is 5.62. The number of ether oxygens (including phenoxy) is 1. The van der Waals surface area contributed by atoms with E-state index in [0.717, 1.165) is 11.3 Å². The second-order valence-electron chi connectivity index (χ2n) is 8.02. The smallest absolute Gasteiger partial charge is 0.337 e. The van der Waals surface area contributed by atoms with Gasteiger partial charge in [0.2, 0.25) is 0 Å². The Morgan fingerprint density at radius 2 is 1.42 bits per heavy atom. The first-order valence-electron chi connectivity index (χ1n) is 11.0. The first-order valence-corrected chi connectivity index (χ1v) is 12.4. The van der Waals surface area contributed by atoms with Crippen molar-refractivity contribution in [2.45, 2.75) is 19.6 Å². The maximum absolute atomic E-state index is 12.3. The molecule has 0 aliphatic rings. The van der Waals surface area contributed by atoms with Crippen molar-refractivity contribution in [3.8, 4) is 0 Å². The lowest BCUT2D eigenvalue weighted by molar-refractivity contribution is 0.0600. The number of esters is 1. The number of benzene rings is 4. The Kier molecular flexibility index (Phi) is 7.22. The molecule has 0 aliphatic heterocycles. The van der Waals surface area contributed by atoms with E-state index in [1.165, 1.54) is 28.8 Å². The molecule has 4 aromatic carbocycles. The van der Waals surface area contributed by atoms with Crippen LogP contribution in [0.5, 0.6) is 0 Å². The number of methoxy groups -OCH3 is 1. The van der Waals surface area contributed by atoms with E-state index in [1.807, 2.05) is 24.3 Å². The van der Waals surface area contributed by atoms with Gasteiger partial charge in [-0.15, -0.1) is 0 Å². The summed E-state index contributed by atoms with van der Waals surface area (Å²) in [5.41, 5.74) is 5.12. The van der Waals surface area contributed by atoms with Crippen LogP contribution < -0.4 is 15.9 Å². The quantitative estimate of drug-likeness (QED) is 0.262. The summed E-state index contributed by atoms with van der Waals surface area (Å²) in [6.45, 7) is 4.24. The summed E-state index contributed by atoms with van der Waals surface area (Å²) in [5.74, 6) is -0.373. The molecule has 0 saturated heterocycles. The van der Waals surface area contributed by atoms with Gasteiger partial charge in [0.05, 0.1) is 18.5 Å². The SMILES string of the molecule is COC(=O)c1cccc(C(Nc2ccc(C)cc2C)P(c2ccccc2)c2ccccc2)c1. The first kappa shape index (κ1) is 22.8. The highest BCUT2D eigenvalue weighted by atomic mass is 31.1. The minimum Gasteiger partial charge on any atom is -0.465 e.